The molecular formula is C25H19ClF2N2O3. The van der Waals surface area contributed by atoms with Gasteiger partial charge in [-0.2, -0.15) is 0 Å². The van der Waals surface area contributed by atoms with Crippen LogP contribution in [0.2, 0.25) is 5.02 Å². The second-order valence-electron chi connectivity index (χ2n) is 8.37. The fraction of sp³-hybridized carbons (Fsp3) is 0.200. The van der Waals surface area contributed by atoms with Crippen molar-refractivity contribution < 1.29 is 18.3 Å². The molecule has 1 saturated carbocycles. The number of aliphatic hydroxyl groups is 1. The number of rotatable bonds is 4. The van der Waals surface area contributed by atoms with Crippen LogP contribution in [0.25, 0.3) is 28.3 Å². The predicted molar refractivity (Wildman–Crippen MR) is 121 cm³/mol. The second kappa shape index (κ2) is 7.64. The van der Waals surface area contributed by atoms with Gasteiger partial charge in [-0.3, -0.25) is 9.36 Å². The second-order valence-corrected chi connectivity index (χ2v) is 8.80. The molecule has 4 aromatic rings. The van der Waals surface area contributed by atoms with Crippen molar-refractivity contribution in [2.24, 2.45) is 0 Å². The van der Waals surface area contributed by atoms with Crippen molar-refractivity contribution >= 4 is 11.6 Å². The Kier molecular flexibility index (Phi) is 4.99. The molecule has 1 fully saturated rings. The number of hydrogen-bond donors (Lipinski definition) is 1. The van der Waals surface area contributed by atoms with Gasteiger partial charge in [-0.05, 0) is 68.1 Å². The van der Waals surface area contributed by atoms with E-state index in [-0.39, 0.29) is 28.5 Å². The zero-order chi connectivity index (χ0) is 23.5. The molecule has 0 amide bonds. The SMILES string of the molecule is Cc1cc(Cl)cc(C)c1-n1cc(-c2nc(C3(O)CC3)oc2-c2ccc(F)cc2F)ccc1=O. The lowest BCUT2D eigenvalue weighted by atomic mass is 10.1. The van der Waals surface area contributed by atoms with Crippen LogP contribution in [0.15, 0.2) is 57.9 Å². The highest BCUT2D eigenvalue weighted by Crippen LogP contribution is 2.47. The molecule has 2 aromatic carbocycles. The molecule has 0 bridgehead atoms. The normalized spacial score (nSPS) is 14.5. The quantitative estimate of drug-likeness (QED) is 0.418. The maximum Gasteiger partial charge on any atom is 0.255 e. The number of aryl methyl sites for hydroxylation is 2. The lowest BCUT2D eigenvalue weighted by Gasteiger charge is -2.14. The van der Waals surface area contributed by atoms with Crippen molar-refractivity contribution in [3.63, 3.8) is 0 Å². The van der Waals surface area contributed by atoms with Crippen LogP contribution in [0.3, 0.4) is 0 Å². The van der Waals surface area contributed by atoms with Gasteiger partial charge in [0.05, 0.1) is 11.3 Å². The van der Waals surface area contributed by atoms with Crippen molar-refractivity contribution in [1.82, 2.24) is 9.55 Å². The van der Waals surface area contributed by atoms with E-state index in [1.165, 1.54) is 16.7 Å². The van der Waals surface area contributed by atoms with Gasteiger partial charge < -0.3 is 9.52 Å². The maximum absolute atomic E-state index is 14.6. The Morgan fingerprint density at radius 2 is 1.79 bits per heavy atom. The van der Waals surface area contributed by atoms with Gasteiger partial charge in [-0.25, -0.2) is 13.8 Å². The van der Waals surface area contributed by atoms with Gasteiger partial charge >= 0.3 is 0 Å². The van der Waals surface area contributed by atoms with Crippen LogP contribution < -0.4 is 5.56 Å². The molecule has 33 heavy (non-hydrogen) atoms. The predicted octanol–water partition coefficient (Wildman–Crippen LogP) is 5.69. The Morgan fingerprint density at radius 3 is 2.42 bits per heavy atom. The largest absolute Gasteiger partial charge is 0.437 e. The van der Waals surface area contributed by atoms with Crippen molar-refractivity contribution in [1.29, 1.82) is 0 Å². The van der Waals surface area contributed by atoms with Gasteiger partial charge in [0.2, 0.25) is 5.89 Å². The lowest BCUT2D eigenvalue weighted by molar-refractivity contribution is 0.118. The van der Waals surface area contributed by atoms with E-state index in [0.717, 1.165) is 23.3 Å². The van der Waals surface area contributed by atoms with Crippen molar-refractivity contribution in [3.8, 4) is 28.3 Å². The highest BCUT2D eigenvalue weighted by molar-refractivity contribution is 6.30. The minimum Gasteiger partial charge on any atom is -0.437 e. The summed E-state index contributed by atoms with van der Waals surface area (Å²) in [6.45, 7) is 3.70. The molecular weight excluding hydrogens is 450 g/mol. The van der Waals surface area contributed by atoms with E-state index >= 15 is 0 Å². The third-order valence-electron chi connectivity index (χ3n) is 5.81. The molecule has 1 aliphatic rings. The minimum absolute atomic E-state index is 0.00556. The van der Waals surface area contributed by atoms with Crippen LogP contribution in [-0.2, 0) is 5.60 Å². The van der Waals surface area contributed by atoms with Gasteiger partial charge in [0, 0.05) is 28.9 Å². The molecule has 1 N–H and O–H groups in total. The summed E-state index contributed by atoms with van der Waals surface area (Å²) in [5.74, 6) is -1.43. The smallest absolute Gasteiger partial charge is 0.255 e. The number of benzene rings is 2. The molecule has 0 spiro atoms. The minimum atomic E-state index is -1.21. The molecule has 5 nitrogen and oxygen atoms in total. The Labute approximate surface area is 192 Å². The highest BCUT2D eigenvalue weighted by Gasteiger charge is 2.47. The number of pyridine rings is 1. The van der Waals surface area contributed by atoms with E-state index in [1.54, 1.807) is 24.4 Å². The number of oxazole rings is 1. The topological polar surface area (TPSA) is 68.3 Å². The molecule has 0 aliphatic heterocycles. The zero-order valence-electron chi connectivity index (χ0n) is 17.8. The molecule has 0 atom stereocenters. The Morgan fingerprint density at radius 1 is 1.09 bits per heavy atom. The summed E-state index contributed by atoms with van der Waals surface area (Å²) >= 11 is 6.15. The van der Waals surface area contributed by atoms with E-state index in [2.05, 4.69) is 4.98 Å². The van der Waals surface area contributed by atoms with Crippen LogP contribution >= 0.6 is 11.6 Å². The standard InChI is InChI=1S/C25H19ClF2N2O3/c1-13-9-16(26)10-14(2)22(13)30-12-15(3-6-20(30)31)21-23(18-5-4-17(27)11-19(18)28)33-24(29-21)25(32)7-8-25/h3-6,9-12,32H,7-8H2,1-2H3. The Bertz CT molecular complexity index is 1450. The fourth-order valence-electron chi connectivity index (χ4n) is 3.99. The average Bonchev–Trinajstić information content (AvgIpc) is 3.33. The van der Waals surface area contributed by atoms with Gasteiger partial charge in [0.25, 0.3) is 5.56 Å². The van der Waals surface area contributed by atoms with Crippen molar-refractivity contribution in [2.75, 3.05) is 0 Å². The number of halogens is 3. The summed E-state index contributed by atoms with van der Waals surface area (Å²) in [6, 6.07) is 9.61. The summed E-state index contributed by atoms with van der Waals surface area (Å²) in [4.78, 5) is 17.2. The summed E-state index contributed by atoms with van der Waals surface area (Å²) in [7, 11) is 0. The first-order valence-corrected chi connectivity index (χ1v) is 10.7. The summed E-state index contributed by atoms with van der Waals surface area (Å²) < 4.78 is 35.4. The van der Waals surface area contributed by atoms with Gasteiger partial charge in [0.1, 0.15) is 22.9 Å². The first kappa shape index (κ1) is 21.6. The first-order chi connectivity index (χ1) is 15.7. The van der Waals surface area contributed by atoms with Gasteiger partial charge in [-0.15, -0.1) is 0 Å². The van der Waals surface area contributed by atoms with Crippen LogP contribution in [0.5, 0.6) is 0 Å². The first-order valence-electron chi connectivity index (χ1n) is 10.4. The van der Waals surface area contributed by atoms with Crippen LogP contribution in [-0.4, -0.2) is 14.7 Å². The third-order valence-corrected chi connectivity index (χ3v) is 6.02. The van der Waals surface area contributed by atoms with Crippen LogP contribution in [0.4, 0.5) is 8.78 Å². The van der Waals surface area contributed by atoms with E-state index in [1.807, 2.05) is 13.8 Å². The molecule has 8 heteroatoms. The highest BCUT2D eigenvalue weighted by atomic mass is 35.5. The van der Waals surface area contributed by atoms with Gasteiger partial charge in [-0.1, -0.05) is 11.6 Å². The number of nitrogens with zero attached hydrogens (tertiary/aromatic N) is 2. The summed E-state index contributed by atoms with van der Waals surface area (Å²) in [5, 5.41) is 11.1. The third kappa shape index (κ3) is 3.77. The average molecular weight is 469 g/mol. The molecule has 5 rings (SSSR count). The Balaban J connectivity index is 1.73. The van der Waals surface area contributed by atoms with Crippen molar-refractivity contribution in [3.05, 3.63) is 92.7 Å². The van der Waals surface area contributed by atoms with E-state index in [9.17, 15) is 18.7 Å². The van der Waals surface area contributed by atoms with Gasteiger partial charge in [0.15, 0.2) is 5.76 Å². The molecule has 0 unspecified atom stereocenters. The molecule has 0 radical (unpaired) electrons. The Hall–Kier alpha value is -3.29. The summed E-state index contributed by atoms with van der Waals surface area (Å²) in [6.07, 6.45) is 2.54. The fourth-order valence-corrected chi connectivity index (χ4v) is 4.32. The molecule has 0 saturated heterocycles. The van der Waals surface area contributed by atoms with E-state index in [0.29, 0.717) is 29.1 Å². The zero-order valence-corrected chi connectivity index (χ0v) is 18.6. The maximum atomic E-state index is 14.6. The monoisotopic (exact) mass is 468 g/mol. The molecule has 1 aliphatic carbocycles. The molecule has 168 valence electrons. The molecule has 2 aromatic heterocycles. The van der Waals surface area contributed by atoms with Crippen LogP contribution in [0.1, 0.15) is 29.9 Å². The van der Waals surface area contributed by atoms with Crippen LogP contribution in [0, 0.1) is 25.5 Å². The van der Waals surface area contributed by atoms with Crippen molar-refractivity contribution in [2.45, 2.75) is 32.3 Å². The number of aromatic nitrogens is 2. The number of hydrogen-bond acceptors (Lipinski definition) is 4. The van der Waals surface area contributed by atoms with E-state index < -0.39 is 17.2 Å². The van der Waals surface area contributed by atoms with E-state index in [4.69, 9.17) is 16.0 Å². The summed E-state index contributed by atoms with van der Waals surface area (Å²) in [5.41, 5.74) is 1.52. The lowest BCUT2D eigenvalue weighted by Crippen LogP contribution is -2.18. The molecule has 2 heterocycles.